The molecule has 0 saturated heterocycles. The van der Waals surface area contributed by atoms with E-state index in [0.717, 1.165) is 0 Å². The van der Waals surface area contributed by atoms with Crippen molar-refractivity contribution in [1.29, 1.82) is 0 Å². The molecular formula is C11H11O3. The van der Waals surface area contributed by atoms with Crippen LogP contribution in [0.15, 0.2) is 30.5 Å². The summed E-state index contributed by atoms with van der Waals surface area (Å²) < 4.78 is 9.41. The van der Waals surface area contributed by atoms with E-state index in [2.05, 4.69) is 10.8 Å². The maximum Gasteiger partial charge on any atom is 0.341 e. The van der Waals surface area contributed by atoms with E-state index >= 15 is 0 Å². The summed E-state index contributed by atoms with van der Waals surface area (Å²) in [6.45, 7) is 0. The van der Waals surface area contributed by atoms with Crippen LogP contribution in [-0.2, 0) is 14.3 Å². The lowest BCUT2D eigenvalue weighted by molar-refractivity contribution is -0.133. The van der Waals surface area contributed by atoms with Gasteiger partial charge in [-0.15, -0.1) is 0 Å². The molecule has 0 fully saturated rings. The molecule has 0 heterocycles. The minimum Gasteiger partial charge on any atom is -0.503 e. The molecule has 14 heavy (non-hydrogen) atoms. The summed E-state index contributed by atoms with van der Waals surface area (Å²) in [6, 6.07) is 10.1. The molecule has 0 spiro atoms. The van der Waals surface area contributed by atoms with Gasteiger partial charge in [0.05, 0.1) is 20.5 Å². The monoisotopic (exact) mass is 191 g/mol. The Bertz CT molecular complexity index is 328. The van der Waals surface area contributed by atoms with E-state index in [1.54, 1.807) is 12.1 Å². The lowest BCUT2D eigenvalue weighted by Crippen LogP contribution is -2.04. The van der Waals surface area contributed by atoms with Crippen molar-refractivity contribution in [3.63, 3.8) is 0 Å². The summed E-state index contributed by atoms with van der Waals surface area (Å²) in [7, 11) is 2.81. The van der Waals surface area contributed by atoms with Crippen LogP contribution in [0.2, 0.25) is 0 Å². The van der Waals surface area contributed by atoms with Gasteiger partial charge in [0.25, 0.3) is 0 Å². The third-order valence-corrected chi connectivity index (χ3v) is 1.64. The number of esters is 1. The van der Waals surface area contributed by atoms with Gasteiger partial charge in [0.2, 0.25) is 0 Å². The van der Waals surface area contributed by atoms with Crippen molar-refractivity contribution in [3.05, 3.63) is 42.2 Å². The molecule has 0 bridgehead atoms. The molecule has 1 radical (unpaired) electrons. The first-order chi connectivity index (χ1) is 6.79. The molecule has 0 aliphatic heterocycles. The van der Waals surface area contributed by atoms with Crippen LogP contribution < -0.4 is 0 Å². The zero-order valence-electron chi connectivity index (χ0n) is 8.11. The lowest BCUT2D eigenvalue weighted by Gasteiger charge is -2.03. The quantitative estimate of drug-likeness (QED) is 0.414. The molecular weight excluding hydrogens is 180 g/mol. The van der Waals surface area contributed by atoms with Crippen molar-refractivity contribution in [2.45, 2.75) is 0 Å². The highest BCUT2D eigenvalue weighted by atomic mass is 16.5. The zero-order chi connectivity index (χ0) is 10.4. The number of carbonyl (C=O) groups excluding carboxylic acids is 1. The highest BCUT2D eigenvalue weighted by Crippen LogP contribution is 2.14. The number of benzene rings is 1. The fraction of sp³-hybridized carbons (Fsp3) is 0.182. The summed E-state index contributed by atoms with van der Waals surface area (Å²) >= 11 is 0. The first-order valence-electron chi connectivity index (χ1n) is 4.08. The van der Waals surface area contributed by atoms with Crippen molar-refractivity contribution < 1.29 is 14.3 Å². The smallest absolute Gasteiger partial charge is 0.341 e. The largest absolute Gasteiger partial charge is 0.503 e. The summed E-state index contributed by atoms with van der Waals surface area (Å²) in [4.78, 5) is 11.3. The van der Waals surface area contributed by atoms with Gasteiger partial charge >= 0.3 is 5.97 Å². The fourth-order valence-electron chi connectivity index (χ4n) is 1.01. The van der Waals surface area contributed by atoms with Gasteiger partial charge in [-0.25, -0.2) is 4.79 Å². The average molecular weight is 191 g/mol. The molecule has 0 unspecified atom stereocenters. The average Bonchev–Trinajstić information content (AvgIpc) is 2.26. The van der Waals surface area contributed by atoms with Gasteiger partial charge in [-0.1, -0.05) is 24.3 Å². The Morgan fingerprint density at radius 3 is 2.71 bits per heavy atom. The summed E-state index contributed by atoms with van der Waals surface area (Å²) in [5.41, 5.74) is 1.01. The van der Waals surface area contributed by atoms with Gasteiger partial charge in [0.1, 0.15) is 5.57 Å². The number of hydrogen-bond donors (Lipinski definition) is 0. The second-order valence-electron chi connectivity index (χ2n) is 2.54. The summed E-state index contributed by atoms with van der Waals surface area (Å²) in [6.07, 6.45) is 1.34. The maximum atomic E-state index is 11.3. The predicted octanol–water partition coefficient (Wildman–Crippen LogP) is 1.65. The number of carbonyl (C=O) groups is 1. The Balaban J connectivity index is 3.02. The van der Waals surface area contributed by atoms with E-state index in [1.807, 2.05) is 12.1 Å². The molecule has 0 saturated carbocycles. The first-order valence-corrected chi connectivity index (χ1v) is 4.08. The minimum absolute atomic E-state index is 0.357. The number of hydrogen-bond acceptors (Lipinski definition) is 3. The van der Waals surface area contributed by atoms with Crippen molar-refractivity contribution in [2.24, 2.45) is 0 Å². The molecule has 1 aromatic rings. The molecule has 0 aliphatic carbocycles. The molecule has 3 nitrogen and oxygen atoms in total. The highest BCUT2D eigenvalue weighted by molar-refractivity contribution is 6.15. The van der Waals surface area contributed by atoms with Gasteiger partial charge in [-0.05, 0) is 11.6 Å². The molecule has 0 atom stereocenters. The third-order valence-electron chi connectivity index (χ3n) is 1.64. The van der Waals surface area contributed by atoms with Gasteiger partial charge in [0.15, 0.2) is 0 Å². The van der Waals surface area contributed by atoms with E-state index in [4.69, 9.17) is 4.74 Å². The Morgan fingerprint density at radius 1 is 1.43 bits per heavy atom. The molecule has 0 aliphatic rings. The Hall–Kier alpha value is -1.77. The zero-order valence-corrected chi connectivity index (χ0v) is 8.11. The van der Waals surface area contributed by atoms with E-state index in [9.17, 15) is 4.79 Å². The Labute approximate surface area is 83.0 Å². The van der Waals surface area contributed by atoms with Crippen LogP contribution in [0, 0.1) is 6.07 Å². The molecule has 3 heteroatoms. The number of methoxy groups -OCH3 is 2. The van der Waals surface area contributed by atoms with Crippen LogP contribution in [0.4, 0.5) is 0 Å². The normalized spacial score (nSPS) is 10.9. The number of ether oxygens (including phenoxy) is 2. The second-order valence-corrected chi connectivity index (χ2v) is 2.54. The van der Waals surface area contributed by atoms with Gasteiger partial charge < -0.3 is 9.47 Å². The van der Waals surface area contributed by atoms with Gasteiger partial charge in [-0.3, -0.25) is 0 Å². The summed E-state index contributed by atoms with van der Waals surface area (Å²) in [5, 5.41) is 0. The maximum absolute atomic E-state index is 11.3. The highest BCUT2D eigenvalue weighted by Gasteiger charge is 2.12. The standard InChI is InChI=1S/C11H11O3/c1-13-8-10(11(12)14-2)9-6-4-3-5-7-9/h3-6,8H,1-2H3. The van der Waals surface area contributed by atoms with Crippen molar-refractivity contribution in [2.75, 3.05) is 14.2 Å². The van der Waals surface area contributed by atoms with Crippen LogP contribution in [0.25, 0.3) is 5.57 Å². The van der Waals surface area contributed by atoms with Gasteiger partial charge in [0, 0.05) is 0 Å². The Morgan fingerprint density at radius 2 is 2.21 bits per heavy atom. The van der Waals surface area contributed by atoms with E-state index in [1.165, 1.54) is 20.5 Å². The van der Waals surface area contributed by atoms with Crippen LogP contribution in [0.5, 0.6) is 0 Å². The van der Waals surface area contributed by atoms with Crippen molar-refractivity contribution >= 4 is 11.5 Å². The van der Waals surface area contributed by atoms with E-state index in [0.29, 0.717) is 11.1 Å². The van der Waals surface area contributed by atoms with Crippen LogP contribution >= 0.6 is 0 Å². The Kier molecular flexibility index (Phi) is 3.73. The molecule has 0 amide bonds. The molecule has 73 valence electrons. The molecule has 1 aromatic carbocycles. The minimum atomic E-state index is -0.436. The first kappa shape index (κ1) is 10.3. The topological polar surface area (TPSA) is 35.5 Å². The molecule has 1 rings (SSSR count). The van der Waals surface area contributed by atoms with E-state index < -0.39 is 5.97 Å². The van der Waals surface area contributed by atoms with E-state index in [-0.39, 0.29) is 0 Å². The van der Waals surface area contributed by atoms with Gasteiger partial charge in [-0.2, -0.15) is 0 Å². The summed E-state index contributed by atoms with van der Waals surface area (Å²) in [5.74, 6) is -0.436. The number of rotatable bonds is 3. The second kappa shape index (κ2) is 5.07. The van der Waals surface area contributed by atoms with Crippen LogP contribution in [0.1, 0.15) is 5.56 Å². The van der Waals surface area contributed by atoms with Crippen LogP contribution in [-0.4, -0.2) is 20.2 Å². The third kappa shape index (κ3) is 2.36. The van der Waals surface area contributed by atoms with Crippen molar-refractivity contribution in [3.8, 4) is 0 Å². The lowest BCUT2D eigenvalue weighted by atomic mass is 10.1. The SMILES string of the molecule is COC=C(C(=O)OC)c1[c]cccc1. The molecule has 0 aromatic heterocycles. The van der Waals surface area contributed by atoms with Crippen LogP contribution in [0.3, 0.4) is 0 Å². The predicted molar refractivity (Wildman–Crippen MR) is 52.3 cm³/mol. The molecule has 0 N–H and O–H groups in total. The fourth-order valence-corrected chi connectivity index (χ4v) is 1.01. The van der Waals surface area contributed by atoms with Crippen molar-refractivity contribution in [1.82, 2.24) is 0 Å².